The van der Waals surface area contributed by atoms with Crippen LogP contribution in [0.5, 0.6) is 0 Å². The van der Waals surface area contributed by atoms with Crippen LogP contribution in [0.2, 0.25) is 5.02 Å². The third-order valence-electron chi connectivity index (χ3n) is 4.91. The normalized spacial score (nSPS) is 21.6. The molecule has 1 atom stereocenters. The van der Waals surface area contributed by atoms with Crippen molar-refractivity contribution in [1.82, 2.24) is 0 Å². The van der Waals surface area contributed by atoms with Gasteiger partial charge in [-0.2, -0.15) is 0 Å². The summed E-state index contributed by atoms with van der Waals surface area (Å²) in [5.74, 6) is 0.207. The zero-order valence-corrected chi connectivity index (χ0v) is 15.2. The first-order chi connectivity index (χ1) is 11.9. The van der Waals surface area contributed by atoms with Gasteiger partial charge in [-0.1, -0.05) is 55.8 Å². The molecule has 2 aliphatic rings. The quantitative estimate of drug-likeness (QED) is 0.705. The molecule has 4 rings (SSSR count). The van der Waals surface area contributed by atoms with Crippen molar-refractivity contribution < 1.29 is 4.79 Å². The Balaban J connectivity index is 1.89. The first kappa shape index (κ1) is 16.2. The number of nitrogens with one attached hydrogen (secondary N) is 2. The third-order valence-corrected chi connectivity index (χ3v) is 5.14. The predicted molar refractivity (Wildman–Crippen MR) is 103 cm³/mol. The van der Waals surface area contributed by atoms with E-state index in [1.807, 2.05) is 36.4 Å². The number of anilines is 2. The molecule has 0 fully saturated rings. The van der Waals surface area contributed by atoms with Gasteiger partial charge in [-0.05, 0) is 35.6 Å². The second kappa shape index (κ2) is 5.92. The summed E-state index contributed by atoms with van der Waals surface area (Å²) in [6.07, 6.45) is 1.41. The van der Waals surface area contributed by atoms with Gasteiger partial charge in [-0.25, -0.2) is 0 Å². The fraction of sp³-hybridized carbons (Fsp3) is 0.286. The molecule has 1 aliphatic carbocycles. The molecule has 2 aromatic rings. The van der Waals surface area contributed by atoms with Crippen LogP contribution in [-0.2, 0) is 4.79 Å². The average molecular weight is 353 g/mol. The van der Waals surface area contributed by atoms with Gasteiger partial charge in [0.05, 0.1) is 17.4 Å². The maximum atomic E-state index is 13.0. The standard InChI is InChI=1S/C21H21ClN2O/c1-21(2)11-17-19(18(25)12-21)20(13-6-4-3-5-7-13)24-16-10-14(22)8-9-15(16)23-17/h3-10,20,23-24H,11-12H2,1-2H3/t20-/m1/s1. The number of ketones is 1. The summed E-state index contributed by atoms with van der Waals surface area (Å²) in [7, 11) is 0. The minimum atomic E-state index is -0.174. The number of hydrogen-bond donors (Lipinski definition) is 2. The Kier molecular flexibility index (Phi) is 3.84. The number of benzene rings is 2. The Morgan fingerprint density at radius 3 is 2.56 bits per heavy atom. The van der Waals surface area contributed by atoms with E-state index in [-0.39, 0.29) is 17.2 Å². The van der Waals surface area contributed by atoms with Gasteiger partial charge >= 0.3 is 0 Å². The number of rotatable bonds is 1. The number of Topliss-reactive ketones (excluding diaryl/α,β-unsaturated/α-hetero) is 1. The maximum Gasteiger partial charge on any atom is 0.163 e. The van der Waals surface area contributed by atoms with E-state index in [1.165, 1.54) is 0 Å². The molecule has 2 N–H and O–H groups in total. The van der Waals surface area contributed by atoms with Gasteiger partial charge < -0.3 is 10.6 Å². The zero-order valence-electron chi connectivity index (χ0n) is 14.4. The molecule has 1 heterocycles. The van der Waals surface area contributed by atoms with E-state index in [1.54, 1.807) is 0 Å². The van der Waals surface area contributed by atoms with Gasteiger partial charge in [0.15, 0.2) is 5.78 Å². The molecule has 0 unspecified atom stereocenters. The van der Waals surface area contributed by atoms with Gasteiger partial charge in [0.2, 0.25) is 0 Å². The Bertz CT molecular complexity index is 871. The molecule has 3 nitrogen and oxygen atoms in total. The van der Waals surface area contributed by atoms with Crippen LogP contribution < -0.4 is 10.6 Å². The molecule has 1 aliphatic heterocycles. The van der Waals surface area contributed by atoms with Gasteiger partial charge in [0, 0.05) is 22.7 Å². The Morgan fingerprint density at radius 2 is 1.80 bits per heavy atom. The van der Waals surface area contributed by atoms with Crippen LogP contribution in [0.3, 0.4) is 0 Å². The van der Waals surface area contributed by atoms with Gasteiger partial charge in [-0.3, -0.25) is 4.79 Å². The van der Waals surface area contributed by atoms with Crippen LogP contribution in [0.1, 0.15) is 38.3 Å². The second-order valence-corrected chi connectivity index (χ2v) is 8.07. The summed E-state index contributed by atoms with van der Waals surface area (Å²) < 4.78 is 0. The van der Waals surface area contributed by atoms with E-state index >= 15 is 0 Å². The lowest BCUT2D eigenvalue weighted by molar-refractivity contribution is -0.118. The number of hydrogen-bond acceptors (Lipinski definition) is 3. The minimum absolute atomic E-state index is 0.0406. The fourth-order valence-corrected chi connectivity index (χ4v) is 3.98. The Morgan fingerprint density at radius 1 is 1.04 bits per heavy atom. The number of carbonyl (C=O) groups is 1. The van der Waals surface area contributed by atoms with Gasteiger partial charge in [0.25, 0.3) is 0 Å². The molecule has 0 aromatic heterocycles. The van der Waals surface area contributed by atoms with E-state index in [2.05, 4.69) is 36.6 Å². The third kappa shape index (κ3) is 3.05. The summed E-state index contributed by atoms with van der Waals surface area (Å²) in [4.78, 5) is 13.0. The summed E-state index contributed by atoms with van der Waals surface area (Å²) >= 11 is 6.20. The molecular weight excluding hydrogens is 332 g/mol. The molecule has 4 heteroatoms. The van der Waals surface area contributed by atoms with Crippen molar-refractivity contribution in [3.63, 3.8) is 0 Å². The molecule has 0 bridgehead atoms. The van der Waals surface area contributed by atoms with Crippen molar-refractivity contribution >= 4 is 28.8 Å². The summed E-state index contributed by atoms with van der Waals surface area (Å²) in [5, 5.41) is 7.73. The van der Waals surface area contributed by atoms with E-state index in [9.17, 15) is 4.79 Å². The zero-order chi connectivity index (χ0) is 17.6. The summed E-state index contributed by atoms with van der Waals surface area (Å²) in [6, 6.07) is 15.7. The van der Waals surface area contributed by atoms with Crippen molar-refractivity contribution in [1.29, 1.82) is 0 Å². The topological polar surface area (TPSA) is 41.1 Å². The van der Waals surface area contributed by atoms with Crippen LogP contribution in [0, 0.1) is 5.41 Å². The van der Waals surface area contributed by atoms with Crippen LogP contribution in [0.4, 0.5) is 11.4 Å². The molecule has 0 saturated carbocycles. The van der Waals surface area contributed by atoms with Gasteiger partial charge in [-0.15, -0.1) is 0 Å². The maximum absolute atomic E-state index is 13.0. The molecule has 0 spiro atoms. The summed E-state index contributed by atoms with van der Waals surface area (Å²) in [6.45, 7) is 4.30. The fourth-order valence-electron chi connectivity index (χ4n) is 3.81. The summed E-state index contributed by atoms with van der Waals surface area (Å²) in [5.41, 5.74) is 4.78. The Labute approximate surface area is 153 Å². The molecule has 0 saturated heterocycles. The van der Waals surface area contributed by atoms with Crippen LogP contribution >= 0.6 is 11.6 Å². The lowest BCUT2D eigenvalue weighted by Gasteiger charge is -2.34. The first-order valence-corrected chi connectivity index (χ1v) is 8.95. The largest absolute Gasteiger partial charge is 0.372 e. The highest BCUT2D eigenvalue weighted by atomic mass is 35.5. The van der Waals surface area contributed by atoms with Crippen LogP contribution in [0.15, 0.2) is 59.8 Å². The second-order valence-electron chi connectivity index (χ2n) is 7.64. The van der Waals surface area contributed by atoms with Crippen LogP contribution in [0.25, 0.3) is 0 Å². The number of carbonyl (C=O) groups excluding carboxylic acids is 1. The highest BCUT2D eigenvalue weighted by molar-refractivity contribution is 6.31. The van der Waals surface area contributed by atoms with Crippen molar-refractivity contribution in [3.05, 3.63) is 70.4 Å². The number of allylic oxidation sites excluding steroid dienone is 1. The molecule has 2 aromatic carbocycles. The number of fused-ring (bicyclic) bond motifs is 1. The first-order valence-electron chi connectivity index (χ1n) is 8.57. The van der Waals surface area contributed by atoms with E-state index in [0.717, 1.165) is 34.6 Å². The SMILES string of the molecule is CC1(C)CC(=O)C2=C(C1)Nc1ccc(Cl)cc1N[C@@H]2c1ccccc1. The average Bonchev–Trinajstić information content (AvgIpc) is 2.70. The lowest BCUT2D eigenvalue weighted by Crippen LogP contribution is -2.31. The molecule has 25 heavy (non-hydrogen) atoms. The number of halogens is 1. The highest BCUT2D eigenvalue weighted by Gasteiger charge is 2.38. The van der Waals surface area contributed by atoms with Crippen LogP contribution in [-0.4, -0.2) is 5.78 Å². The smallest absolute Gasteiger partial charge is 0.163 e. The molecule has 0 amide bonds. The van der Waals surface area contributed by atoms with Crippen molar-refractivity contribution in [3.8, 4) is 0 Å². The highest BCUT2D eigenvalue weighted by Crippen LogP contribution is 2.45. The van der Waals surface area contributed by atoms with Crippen molar-refractivity contribution in [2.75, 3.05) is 10.6 Å². The van der Waals surface area contributed by atoms with E-state index in [0.29, 0.717) is 11.4 Å². The molecule has 0 radical (unpaired) electrons. The van der Waals surface area contributed by atoms with Crippen molar-refractivity contribution in [2.24, 2.45) is 5.41 Å². The monoisotopic (exact) mass is 352 g/mol. The molecule has 128 valence electrons. The van der Waals surface area contributed by atoms with Crippen molar-refractivity contribution in [2.45, 2.75) is 32.7 Å². The van der Waals surface area contributed by atoms with Gasteiger partial charge in [0.1, 0.15) is 0 Å². The van der Waals surface area contributed by atoms with E-state index < -0.39 is 0 Å². The Hall–Kier alpha value is -2.26. The predicted octanol–water partition coefficient (Wildman–Crippen LogP) is 5.56. The molecular formula is C21H21ClN2O. The lowest BCUT2D eigenvalue weighted by atomic mass is 9.73. The minimum Gasteiger partial charge on any atom is -0.372 e. The van der Waals surface area contributed by atoms with E-state index in [4.69, 9.17) is 11.6 Å².